The Morgan fingerprint density at radius 2 is 1.93 bits per heavy atom. The summed E-state index contributed by atoms with van der Waals surface area (Å²) < 4.78 is 5.90. The van der Waals surface area contributed by atoms with Crippen LogP contribution in [0.2, 0.25) is 0 Å². The smallest absolute Gasteiger partial charge is 0.319 e. The highest BCUT2D eigenvalue weighted by Gasteiger charge is 2.31. The number of amides is 4. The summed E-state index contributed by atoms with van der Waals surface area (Å²) in [5.41, 5.74) is 0.705. The van der Waals surface area contributed by atoms with Crippen LogP contribution in [-0.4, -0.2) is 54.6 Å². The van der Waals surface area contributed by atoms with Crippen LogP contribution in [0, 0.1) is 0 Å². The highest BCUT2D eigenvalue weighted by atomic mass is 16.5. The second kappa shape index (κ2) is 10.7. The maximum absolute atomic E-state index is 12.1. The number of carbonyl (C=O) groups is 2. The summed E-state index contributed by atoms with van der Waals surface area (Å²) in [5.74, 6) is 0. The fraction of sp³-hybridized carbons (Fsp3) is 0.579. The Labute approximate surface area is 160 Å². The molecule has 0 aliphatic carbocycles. The van der Waals surface area contributed by atoms with Crippen LogP contribution in [0.1, 0.15) is 33.1 Å². The molecule has 2 rings (SSSR count). The van der Waals surface area contributed by atoms with Crippen molar-refractivity contribution in [3.63, 3.8) is 0 Å². The fourth-order valence-corrected chi connectivity index (χ4v) is 3.03. The average Bonchev–Trinajstić information content (AvgIpc) is 2.63. The SMILES string of the molecule is CC(C)NC(=O)NCC[C@@H]1CC[C@@H](NC(=O)Nc2ccccc2)[C@H](CO)O1. The molecule has 0 aromatic heterocycles. The van der Waals surface area contributed by atoms with Gasteiger partial charge in [-0.25, -0.2) is 9.59 Å². The number of hydrogen-bond acceptors (Lipinski definition) is 4. The first-order valence-electron chi connectivity index (χ1n) is 9.41. The number of ether oxygens (including phenoxy) is 1. The molecule has 27 heavy (non-hydrogen) atoms. The van der Waals surface area contributed by atoms with Crippen LogP contribution in [0.15, 0.2) is 30.3 Å². The van der Waals surface area contributed by atoms with Gasteiger partial charge in [-0.15, -0.1) is 0 Å². The number of hydrogen-bond donors (Lipinski definition) is 5. The molecule has 0 radical (unpaired) electrons. The maximum Gasteiger partial charge on any atom is 0.319 e. The van der Waals surface area contributed by atoms with E-state index in [1.165, 1.54) is 0 Å². The Kier molecular flexibility index (Phi) is 8.35. The summed E-state index contributed by atoms with van der Waals surface area (Å²) in [7, 11) is 0. The average molecular weight is 378 g/mol. The number of anilines is 1. The first-order valence-corrected chi connectivity index (χ1v) is 9.41. The van der Waals surface area contributed by atoms with E-state index in [9.17, 15) is 14.7 Å². The van der Waals surface area contributed by atoms with E-state index in [1.807, 2.05) is 32.0 Å². The highest BCUT2D eigenvalue weighted by Crippen LogP contribution is 2.21. The molecule has 0 saturated carbocycles. The third kappa shape index (κ3) is 7.44. The number of benzene rings is 1. The van der Waals surface area contributed by atoms with Crippen LogP contribution in [0.4, 0.5) is 15.3 Å². The molecule has 1 fully saturated rings. The van der Waals surface area contributed by atoms with Crippen molar-refractivity contribution in [2.75, 3.05) is 18.5 Å². The molecule has 5 N–H and O–H groups in total. The summed E-state index contributed by atoms with van der Waals surface area (Å²) >= 11 is 0. The van der Waals surface area contributed by atoms with Gasteiger partial charge in [-0.05, 0) is 45.2 Å². The van der Waals surface area contributed by atoms with Gasteiger partial charge in [0.2, 0.25) is 0 Å². The molecule has 0 bridgehead atoms. The predicted octanol–water partition coefficient (Wildman–Crippen LogP) is 1.81. The fourth-order valence-electron chi connectivity index (χ4n) is 3.03. The molecule has 1 aromatic rings. The molecule has 1 heterocycles. The molecule has 3 atom stereocenters. The Morgan fingerprint density at radius 3 is 2.59 bits per heavy atom. The van der Waals surface area contributed by atoms with Crippen LogP contribution in [0.5, 0.6) is 0 Å². The zero-order chi connectivity index (χ0) is 19.6. The van der Waals surface area contributed by atoms with E-state index in [4.69, 9.17) is 4.74 Å². The van der Waals surface area contributed by atoms with E-state index in [1.54, 1.807) is 12.1 Å². The van der Waals surface area contributed by atoms with Crippen LogP contribution in [0.3, 0.4) is 0 Å². The molecule has 1 saturated heterocycles. The second-order valence-electron chi connectivity index (χ2n) is 6.97. The number of aliphatic hydroxyl groups is 1. The molecule has 1 aliphatic heterocycles. The zero-order valence-electron chi connectivity index (χ0n) is 15.9. The van der Waals surface area contributed by atoms with E-state index in [0.29, 0.717) is 25.1 Å². The van der Waals surface area contributed by atoms with Crippen molar-refractivity contribution in [1.29, 1.82) is 0 Å². The molecule has 0 unspecified atom stereocenters. The third-order valence-electron chi connectivity index (χ3n) is 4.32. The van der Waals surface area contributed by atoms with Crippen LogP contribution < -0.4 is 21.3 Å². The molecular weight excluding hydrogens is 348 g/mol. The van der Waals surface area contributed by atoms with Crippen molar-refractivity contribution >= 4 is 17.7 Å². The maximum atomic E-state index is 12.1. The summed E-state index contributed by atoms with van der Waals surface area (Å²) in [6, 6.07) is 8.48. The van der Waals surface area contributed by atoms with E-state index in [0.717, 1.165) is 6.42 Å². The van der Waals surface area contributed by atoms with E-state index < -0.39 is 6.10 Å². The molecule has 1 aliphatic rings. The molecule has 8 heteroatoms. The minimum atomic E-state index is -0.463. The lowest BCUT2D eigenvalue weighted by Gasteiger charge is -2.36. The quantitative estimate of drug-likeness (QED) is 0.498. The van der Waals surface area contributed by atoms with Gasteiger partial charge in [0.1, 0.15) is 6.10 Å². The lowest BCUT2D eigenvalue weighted by Crippen LogP contribution is -2.52. The number of para-hydroxylation sites is 1. The number of nitrogens with one attached hydrogen (secondary N) is 4. The van der Waals surface area contributed by atoms with Crippen molar-refractivity contribution in [3.8, 4) is 0 Å². The first kappa shape index (κ1) is 21.0. The van der Waals surface area contributed by atoms with Crippen LogP contribution >= 0.6 is 0 Å². The van der Waals surface area contributed by atoms with Gasteiger partial charge in [-0.3, -0.25) is 0 Å². The van der Waals surface area contributed by atoms with Gasteiger partial charge >= 0.3 is 12.1 Å². The third-order valence-corrected chi connectivity index (χ3v) is 4.32. The molecule has 1 aromatic carbocycles. The zero-order valence-corrected chi connectivity index (χ0v) is 15.9. The number of carbonyl (C=O) groups excluding carboxylic acids is 2. The van der Waals surface area contributed by atoms with Gasteiger partial charge in [0, 0.05) is 18.3 Å². The molecule has 0 spiro atoms. The monoisotopic (exact) mass is 378 g/mol. The Morgan fingerprint density at radius 1 is 1.19 bits per heavy atom. The predicted molar refractivity (Wildman–Crippen MR) is 104 cm³/mol. The second-order valence-corrected chi connectivity index (χ2v) is 6.97. The van der Waals surface area contributed by atoms with Gasteiger partial charge in [0.15, 0.2) is 0 Å². The van der Waals surface area contributed by atoms with Gasteiger partial charge in [0.05, 0.1) is 18.8 Å². The Bertz CT molecular complexity index is 597. The van der Waals surface area contributed by atoms with Crippen molar-refractivity contribution in [1.82, 2.24) is 16.0 Å². The van der Waals surface area contributed by atoms with Gasteiger partial charge < -0.3 is 31.1 Å². The standard InChI is InChI=1S/C19H30N4O4/c1-13(2)21-18(25)20-11-10-15-8-9-16(17(12-24)27-15)23-19(26)22-14-6-4-3-5-7-14/h3-7,13,15-17,24H,8-12H2,1-2H3,(H2,20,21,25)(H2,22,23,26)/t15-,16+,17-/m0/s1. The summed E-state index contributed by atoms with van der Waals surface area (Å²) in [6.45, 7) is 4.12. The molecular formula is C19H30N4O4. The summed E-state index contributed by atoms with van der Waals surface area (Å²) in [5, 5.41) is 20.8. The van der Waals surface area contributed by atoms with Gasteiger partial charge in [0.25, 0.3) is 0 Å². The van der Waals surface area contributed by atoms with Crippen molar-refractivity contribution in [2.24, 2.45) is 0 Å². The van der Waals surface area contributed by atoms with E-state index >= 15 is 0 Å². The van der Waals surface area contributed by atoms with Crippen molar-refractivity contribution in [2.45, 2.75) is 57.4 Å². The van der Waals surface area contributed by atoms with Crippen LogP contribution in [0.25, 0.3) is 0 Å². The van der Waals surface area contributed by atoms with Crippen molar-refractivity contribution in [3.05, 3.63) is 30.3 Å². The topological polar surface area (TPSA) is 112 Å². The number of urea groups is 2. The summed E-state index contributed by atoms with van der Waals surface area (Å²) in [6.07, 6.45) is 1.59. The van der Waals surface area contributed by atoms with E-state index in [-0.39, 0.29) is 36.9 Å². The van der Waals surface area contributed by atoms with Gasteiger partial charge in [-0.2, -0.15) is 0 Å². The molecule has 4 amide bonds. The Hall–Kier alpha value is -2.32. The van der Waals surface area contributed by atoms with E-state index in [2.05, 4.69) is 21.3 Å². The summed E-state index contributed by atoms with van der Waals surface area (Å²) in [4.78, 5) is 23.7. The number of aliphatic hydroxyl groups excluding tert-OH is 1. The lowest BCUT2D eigenvalue weighted by molar-refractivity contribution is -0.0885. The normalized spacial score (nSPS) is 22.1. The Balaban J connectivity index is 1.73. The number of rotatable bonds is 7. The largest absolute Gasteiger partial charge is 0.394 e. The lowest BCUT2D eigenvalue weighted by atomic mass is 9.97. The molecule has 8 nitrogen and oxygen atoms in total. The van der Waals surface area contributed by atoms with Gasteiger partial charge in [-0.1, -0.05) is 18.2 Å². The van der Waals surface area contributed by atoms with Crippen molar-refractivity contribution < 1.29 is 19.4 Å². The minimum absolute atomic E-state index is 0.0586. The first-order chi connectivity index (χ1) is 13.0. The van der Waals surface area contributed by atoms with Crippen LogP contribution in [-0.2, 0) is 4.74 Å². The molecule has 150 valence electrons. The minimum Gasteiger partial charge on any atom is -0.394 e. The highest BCUT2D eigenvalue weighted by molar-refractivity contribution is 5.89.